The number of nitrogens with one attached hydrogen (secondary N) is 1. The summed E-state index contributed by atoms with van der Waals surface area (Å²) in [7, 11) is 1.91. The molecule has 15 heavy (non-hydrogen) atoms. The standard InChI is InChI=1S/C12H22N2O/c1-9(8-13-2)12(15)14-10-4-3-5-11(14)7-6-10/h9-11,13H,3-8H2,1-2H3. The van der Waals surface area contributed by atoms with Crippen LogP contribution in [0, 0.1) is 5.92 Å². The normalized spacial score (nSPS) is 31.7. The number of amides is 1. The van der Waals surface area contributed by atoms with Crippen molar-refractivity contribution >= 4 is 5.91 Å². The summed E-state index contributed by atoms with van der Waals surface area (Å²) in [5.41, 5.74) is 0. The Hall–Kier alpha value is -0.570. The zero-order valence-corrected chi connectivity index (χ0v) is 9.83. The first-order valence-corrected chi connectivity index (χ1v) is 6.20. The van der Waals surface area contributed by atoms with E-state index in [0.717, 1.165) is 6.54 Å². The number of hydrogen-bond donors (Lipinski definition) is 1. The fraction of sp³-hybridized carbons (Fsp3) is 0.917. The van der Waals surface area contributed by atoms with Gasteiger partial charge in [0.2, 0.25) is 5.91 Å². The molecule has 0 aromatic heterocycles. The largest absolute Gasteiger partial charge is 0.336 e. The van der Waals surface area contributed by atoms with Gasteiger partial charge in [-0.15, -0.1) is 0 Å². The number of carbonyl (C=O) groups is 1. The Labute approximate surface area is 92.2 Å². The predicted octanol–water partition coefficient (Wildman–Crippen LogP) is 1.39. The summed E-state index contributed by atoms with van der Waals surface area (Å²) in [6.07, 6.45) is 6.26. The van der Waals surface area contributed by atoms with Gasteiger partial charge >= 0.3 is 0 Å². The van der Waals surface area contributed by atoms with Crippen LogP contribution in [0.5, 0.6) is 0 Å². The van der Waals surface area contributed by atoms with E-state index in [1.165, 1.54) is 32.1 Å². The molecule has 2 fully saturated rings. The van der Waals surface area contributed by atoms with Crippen LogP contribution in [0.2, 0.25) is 0 Å². The summed E-state index contributed by atoms with van der Waals surface area (Å²) in [5, 5.41) is 3.09. The average molecular weight is 210 g/mol. The minimum absolute atomic E-state index is 0.135. The van der Waals surface area contributed by atoms with E-state index >= 15 is 0 Å². The molecule has 1 N–H and O–H groups in total. The molecule has 0 aromatic carbocycles. The Kier molecular flexibility index (Phi) is 3.29. The molecule has 0 aliphatic carbocycles. The molecule has 3 heteroatoms. The number of fused-ring (bicyclic) bond motifs is 2. The number of hydrogen-bond acceptors (Lipinski definition) is 2. The summed E-state index contributed by atoms with van der Waals surface area (Å²) in [4.78, 5) is 14.4. The molecule has 3 atom stereocenters. The van der Waals surface area contributed by atoms with Gasteiger partial charge in [-0.2, -0.15) is 0 Å². The van der Waals surface area contributed by atoms with Crippen LogP contribution in [0.25, 0.3) is 0 Å². The van der Waals surface area contributed by atoms with Crippen molar-refractivity contribution in [3.8, 4) is 0 Å². The second kappa shape index (κ2) is 4.52. The van der Waals surface area contributed by atoms with Gasteiger partial charge in [-0.1, -0.05) is 6.92 Å². The minimum atomic E-state index is 0.135. The van der Waals surface area contributed by atoms with Crippen LogP contribution in [-0.2, 0) is 4.79 Å². The van der Waals surface area contributed by atoms with Gasteiger partial charge in [-0.25, -0.2) is 0 Å². The van der Waals surface area contributed by atoms with E-state index in [4.69, 9.17) is 0 Å². The van der Waals surface area contributed by atoms with E-state index in [1.807, 2.05) is 14.0 Å². The second-order valence-electron chi connectivity index (χ2n) is 5.02. The molecule has 3 nitrogen and oxygen atoms in total. The highest BCUT2D eigenvalue weighted by atomic mass is 16.2. The van der Waals surface area contributed by atoms with Crippen molar-refractivity contribution in [3.63, 3.8) is 0 Å². The third kappa shape index (κ3) is 2.03. The van der Waals surface area contributed by atoms with Gasteiger partial charge in [0.1, 0.15) is 0 Å². The summed E-state index contributed by atoms with van der Waals surface area (Å²) < 4.78 is 0. The smallest absolute Gasteiger partial charge is 0.227 e. The van der Waals surface area contributed by atoms with Crippen LogP contribution in [0.15, 0.2) is 0 Å². The van der Waals surface area contributed by atoms with Crippen LogP contribution in [0.3, 0.4) is 0 Å². The van der Waals surface area contributed by atoms with Gasteiger partial charge in [0.25, 0.3) is 0 Å². The second-order valence-corrected chi connectivity index (χ2v) is 5.02. The molecule has 3 unspecified atom stereocenters. The maximum absolute atomic E-state index is 12.2. The van der Waals surface area contributed by atoms with Gasteiger partial charge in [-0.05, 0) is 39.2 Å². The van der Waals surface area contributed by atoms with E-state index in [2.05, 4.69) is 10.2 Å². The number of rotatable bonds is 3. The Bertz CT molecular complexity index is 226. The maximum atomic E-state index is 12.2. The highest BCUT2D eigenvalue weighted by Crippen LogP contribution is 2.36. The monoisotopic (exact) mass is 210 g/mol. The first kappa shape index (κ1) is 10.9. The zero-order chi connectivity index (χ0) is 10.8. The molecule has 0 aromatic rings. The molecule has 0 radical (unpaired) electrons. The lowest BCUT2D eigenvalue weighted by molar-refractivity contribution is -0.139. The highest BCUT2D eigenvalue weighted by molar-refractivity contribution is 5.79. The first-order valence-electron chi connectivity index (χ1n) is 6.20. The predicted molar refractivity (Wildman–Crippen MR) is 60.6 cm³/mol. The van der Waals surface area contributed by atoms with Crippen molar-refractivity contribution in [1.29, 1.82) is 0 Å². The Balaban J connectivity index is 2.00. The summed E-state index contributed by atoms with van der Waals surface area (Å²) >= 11 is 0. The van der Waals surface area contributed by atoms with Crippen molar-refractivity contribution in [3.05, 3.63) is 0 Å². The van der Waals surface area contributed by atoms with Crippen molar-refractivity contribution < 1.29 is 4.79 Å². The van der Waals surface area contributed by atoms with E-state index in [1.54, 1.807) is 0 Å². The highest BCUT2D eigenvalue weighted by Gasteiger charge is 2.40. The number of carbonyl (C=O) groups excluding carboxylic acids is 1. The molecule has 2 aliphatic rings. The lowest BCUT2D eigenvalue weighted by Gasteiger charge is -2.36. The molecule has 2 aliphatic heterocycles. The van der Waals surface area contributed by atoms with Crippen LogP contribution >= 0.6 is 0 Å². The van der Waals surface area contributed by atoms with Gasteiger partial charge in [-0.3, -0.25) is 4.79 Å². The topological polar surface area (TPSA) is 32.3 Å². The molecular weight excluding hydrogens is 188 g/mol. The van der Waals surface area contributed by atoms with Gasteiger partial charge in [0.15, 0.2) is 0 Å². The van der Waals surface area contributed by atoms with Crippen LogP contribution in [0.1, 0.15) is 39.0 Å². The Morgan fingerprint density at radius 3 is 2.47 bits per heavy atom. The molecule has 2 heterocycles. The van der Waals surface area contributed by atoms with Crippen LogP contribution < -0.4 is 5.32 Å². The van der Waals surface area contributed by atoms with E-state index in [9.17, 15) is 4.79 Å². The van der Waals surface area contributed by atoms with Crippen molar-refractivity contribution in [1.82, 2.24) is 10.2 Å². The molecule has 2 saturated heterocycles. The van der Waals surface area contributed by atoms with Crippen LogP contribution in [0.4, 0.5) is 0 Å². The molecule has 1 amide bonds. The molecule has 0 spiro atoms. The molecule has 2 rings (SSSR count). The molecule has 2 bridgehead atoms. The third-order valence-corrected chi connectivity index (χ3v) is 3.88. The molecule has 86 valence electrons. The zero-order valence-electron chi connectivity index (χ0n) is 9.83. The van der Waals surface area contributed by atoms with Crippen molar-refractivity contribution in [2.24, 2.45) is 5.92 Å². The van der Waals surface area contributed by atoms with E-state index in [0.29, 0.717) is 18.0 Å². The summed E-state index contributed by atoms with van der Waals surface area (Å²) in [6, 6.07) is 1.13. The fourth-order valence-electron chi connectivity index (χ4n) is 3.12. The number of nitrogens with zero attached hydrogens (tertiary/aromatic N) is 1. The fourth-order valence-corrected chi connectivity index (χ4v) is 3.12. The van der Waals surface area contributed by atoms with Gasteiger partial charge < -0.3 is 10.2 Å². The quantitative estimate of drug-likeness (QED) is 0.763. The van der Waals surface area contributed by atoms with E-state index in [-0.39, 0.29) is 5.92 Å². The third-order valence-electron chi connectivity index (χ3n) is 3.88. The summed E-state index contributed by atoms with van der Waals surface area (Å²) in [5.74, 6) is 0.507. The van der Waals surface area contributed by atoms with E-state index < -0.39 is 0 Å². The Morgan fingerprint density at radius 2 is 1.93 bits per heavy atom. The van der Waals surface area contributed by atoms with Crippen molar-refractivity contribution in [2.45, 2.75) is 51.1 Å². The van der Waals surface area contributed by atoms with Crippen molar-refractivity contribution in [2.75, 3.05) is 13.6 Å². The molecular formula is C12H22N2O. The lowest BCUT2D eigenvalue weighted by atomic mass is 10.00. The van der Waals surface area contributed by atoms with Crippen LogP contribution in [-0.4, -0.2) is 36.5 Å². The maximum Gasteiger partial charge on any atom is 0.227 e. The lowest BCUT2D eigenvalue weighted by Crippen LogP contribution is -2.47. The SMILES string of the molecule is CNCC(C)C(=O)N1C2CCCC1CC2. The van der Waals surface area contributed by atoms with Gasteiger partial charge in [0.05, 0.1) is 0 Å². The first-order chi connectivity index (χ1) is 7.24. The average Bonchev–Trinajstić information content (AvgIpc) is 2.47. The summed E-state index contributed by atoms with van der Waals surface area (Å²) in [6.45, 7) is 2.83. The molecule has 0 saturated carbocycles. The van der Waals surface area contributed by atoms with Gasteiger partial charge in [0, 0.05) is 24.5 Å². The minimum Gasteiger partial charge on any atom is -0.336 e. The number of piperidine rings is 1. The Morgan fingerprint density at radius 1 is 1.33 bits per heavy atom.